The van der Waals surface area contributed by atoms with Gasteiger partial charge in [-0.2, -0.15) is 0 Å². The minimum absolute atomic E-state index is 0.308. The lowest BCUT2D eigenvalue weighted by molar-refractivity contribution is -0.0998. The molecule has 1 aliphatic heterocycles. The number of ether oxygens (including phenoxy) is 1. The summed E-state index contributed by atoms with van der Waals surface area (Å²) in [5, 5.41) is 19.6. The van der Waals surface area contributed by atoms with E-state index in [9.17, 15) is 5.11 Å². The van der Waals surface area contributed by atoms with E-state index < -0.39 is 6.10 Å². The van der Waals surface area contributed by atoms with Crippen molar-refractivity contribution in [1.82, 2.24) is 4.57 Å². The van der Waals surface area contributed by atoms with Crippen LogP contribution in [0.5, 0.6) is 0 Å². The van der Waals surface area contributed by atoms with Gasteiger partial charge in [0.25, 0.3) is 0 Å². The Hall–Kier alpha value is -2.14. The van der Waals surface area contributed by atoms with Crippen molar-refractivity contribution in [2.24, 2.45) is 0 Å². The van der Waals surface area contributed by atoms with Gasteiger partial charge in [-0.3, -0.25) is 0 Å². The Morgan fingerprint density at radius 2 is 1.93 bits per heavy atom. The van der Waals surface area contributed by atoms with Gasteiger partial charge >= 0.3 is 0 Å². The van der Waals surface area contributed by atoms with Crippen molar-refractivity contribution < 1.29 is 9.84 Å². The third-order valence-corrected chi connectivity index (χ3v) is 6.43. The van der Waals surface area contributed by atoms with Gasteiger partial charge in [-0.1, -0.05) is 41.9 Å². The number of aliphatic hydroxyl groups excluding tert-OH is 1. The summed E-state index contributed by atoms with van der Waals surface area (Å²) < 4.78 is 8.15. The monoisotopic (exact) mass is 408 g/mol. The van der Waals surface area contributed by atoms with Crippen molar-refractivity contribution in [2.45, 2.75) is 56.5 Å². The highest BCUT2D eigenvalue weighted by atomic mass is 35.5. The minimum atomic E-state index is -0.476. The average Bonchev–Trinajstić information content (AvgIpc) is 3.50. The summed E-state index contributed by atoms with van der Waals surface area (Å²) in [6, 6.07) is 14.9. The van der Waals surface area contributed by atoms with Crippen LogP contribution in [0.1, 0.15) is 54.5 Å². The zero-order chi connectivity index (χ0) is 20.0. The highest BCUT2D eigenvalue weighted by Gasteiger charge is 2.30. The molecular weight excluding hydrogens is 384 g/mol. The number of aliphatic hydroxyl groups is 1. The maximum absolute atomic E-state index is 10.3. The Bertz CT molecular complexity index is 1040. The summed E-state index contributed by atoms with van der Waals surface area (Å²) in [4.78, 5) is 0. The van der Waals surface area contributed by atoms with Crippen LogP contribution in [-0.4, -0.2) is 28.1 Å². The molecule has 1 aromatic heterocycles. The predicted molar refractivity (Wildman–Crippen MR) is 116 cm³/mol. The van der Waals surface area contributed by atoms with Crippen LogP contribution >= 0.6 is 11.6 Å². The van der Waals surface area contributed by atoms with Gasteiger partial charge in [0.15, 0.2) is 0 Å². The van der Waals surface area contributed by atoms with E-state index in [1.165, 1.54) is 30.2 Å². The molecule has 0 spiro atoms. The molecule has 3 unspecified atom stereocenters. The lowest BCUT2D eigenvalue weighted by atomic mass is 10.0. The van der Waals surface area contributed by atoms with Gasteiger partial charge in [-0.15, -0.1) is 0 Å². The SMILES string of the molecule is N=CC1CC(O)CC(n2cc(Cc3ccc(C4CC4)cc3)c3c(Cl)cccc32)O1. The predicted octanol–water partition coefficient (Wildman–Crippen LogP) is 5.45. The molecule has 4 nitrogen and oxygen atoms in total. The van der Waals surface area contributed by atoms with Crippen LogP contribution in [0.15, 0.2) is 48.7 Å². The maximum atomic E-state index is 10.3. The van der Waals surface area contributed by atoms with E-state index in [1.807, 2.05) is 18.2 Å². The van der Waals surface area contributed by atoms with Crippen molar-refractivity contribution in [3.8, 4) is 0 Å². The molecule has 0 bridgehead atoms. The Balaban J connectivity index is 1.51. The third kappa shape index (κ3) is 3.73. The second kappa shape index (κ2) is 7.60. The second-order valence-electron chi connectivity index (χ2n) is 8.31. The number of halogens is 1. The number of hydrogen-bond acceptors (Lipinski definition) is 3. The topological polar surface area (TPSA) is 58.2 Å². The molecule has 1 saturated carbocycles. The third-order valence-electron chi connectivity index (χ3n) is 6.11. The van der Waals surface area contributed by atoms with Crippen molar-refractivity contribution in [3.05, 3.63) is 70.4 Å². The van der Waals surface area contributed by atoms with Gasteiger partial charge in [0.1, 0.15) is 6.23 Å². The fourth-order valence-electron chi connectivity index (χ4n) is 4.46. The van der Waals surface area contributed by atoms with Gasteiger partial charge in [-0.05, 0) is 54.0 Å². The number of benzene rings is 2. The van der Waals surface area contributed by atoms with Crippen molar-refractivity contribution in [1.29, 1.82) is 5.41 Å². The van der Waals surface area contributed by atoms with E-state index in [2.05, 4.69) is 35.0 Å². The summed E-state index contributed by atoms with van der Waals surface area (Å²) in [5.74, 6) is 0.761. The molecule has 2 aromatic carbocycles. The average molecular weight is 409 g/mol. The standard InChI is InChI=1S/C24H25ClN2O2/c25-21-2-1-3-22-24(21)18(10-15-4-6-16(7-5-15)17-8-9-17)14-27(22)23-12-19(28)11-20(13-26)29-23/h1-7,13-14,17,19-20,23,26,28H,8-12H2. The molecule has 1 saturated heterocycles. The van der Waals surface area contributed by atoms with E-state index in [4.69, 9.17) is 21.7 Å². The number of hydrogen-bond donors (Lipinski definition) is 2. The first-order valence-corrected chi connectivity index (χ1v) is 10.7. The lowest BCUT2D eigenvalue weighted by Gasteiger charge is -2.32. The fourth-order valence-corrected chi connectivity index (χ4v) is 4.75. The van der Waals surface area contributed by atoms with Gasteiger partial charge in [0.2, 0.25) is 0 Å². The number of fused-ring (bicyclic) bond motifs is 1. The van der Waals surface area contributed by atoms with Crippen LogP contribution in [0.4, 0.5) is 0 Å². The normalized spacial score (nSPS) is 24.7. The lowest BCUT2D eigenvalue weighted by Crippen LogP contribution is -2.34. The van der Waals surface area contributed by atoms with E-state index in [-0.39, 0.29) is 12.3 Å². The summed E-state index contributed by atoms with van der Waals surface area (Å²) in [5.41, 5.74) is 4.86. The summed E-state index contributed by atoms with van der Waals surface area (Å²) in [6.45, 7) is 0. The number of rotatable bonds is 5. The molecule has 2 aliphatic rings. The van der Waals surface area contributed by atoms with Crippen LogP contribution in [0.2, 0.25) is 5.02 Å². The smallest absolute Gasteiger partial charge is 0.137 e. The van der Waals surface area contributed by atoms with Crippen LogP contribution in [0.3, 0.4) is 0 Å². The molecule has 2 fully saturated rings. The molecule has 1 aliphatic carbocycles. The molecule has 150 valence electrons. The molecule has 29 heavy (non-hydrogen) atoms. The Kier molecular flexibility index (Phi) is 4.94. The fraction of sp³-hybridized carbons (Fsp3) is 0.375. The summed E-state index contributed by atoms with van der Waals surface area (Å²) in [7, 11) is 0. The van der Waals surface area contributed by atoms with E-state index in [0.29, 0.717) is 12.8 Å². The van der Waals surface area contributed by atoms with Crippen molar-refractivity contribution in [2.75, 3.05) is 0 Å². The molecular formula is C24H25ClN2O2. The number of nitrogens with one attached hydrogen (secondary N) is 1. The van der Waals surface area contributed by atoms with Gasteiger partial charge in [0, 0.05) is 30.6 Å². The largest absolute Gasteiger partial charge is 0.393 e. The quantitative estimate of drug-likeness (QED) is 0.551. The highest BCUT2D eigenvalue weighted by Crippen LogP contribution is 2.40. The first kappa shape index (κ1) is 18.9. The highest BCUT2D eigenvalue weighted by molar-refractivity contribution is 6.35. The molecule has 5 heteroatoms. The minimum Gasteiger partial charge on any atom is -0.393 e. The van der Waals surface area contributed by atoms with Crippen LogP contribution in [0, 0.1) is 5.41 Å². The molecule has 0 amide bonds. The van der Waals surface area contributed by atoms with Crippen LogP contribution < -0.4 is 0 Å². The van der Waals surface area contributed by atoms with Gasteiger partial charge in [0.05, 0.1) is 22.7 Å². The molecule has 2 heterocycles. The summed E-state index contributed by atoms with van der Waals surface area (Å²) in [6.07, 6.45) is 6.63. The Morgan fingerprint density at radius 1 is 1.14 bits per heavy atom. The van der Waals surface area contributed by atoms with E-state index >= 15 is 0 Å². The molecule has 3 atom stereocenters. The van der Waals surface area contributed by atoms with Crippen LogP contribution in [-0.2, 0) is 11.2 Å². The van der Waals surface area contributed by atoms with E-state index in [1.54, 1.807) is 0 Å². The van der Waals surface area contributed by atoms with Gasteiger partial charge < -0.3 is 19.8 Å². The number of aromatic nitrogens is 1. The Labute approximate surface area is 175 Å². The summed E-state index contributed by atoms with van der Waals surface area (Å²) >= 11 is 6.60. The van der Waals surface area contributed by atoms with Crippen LogP contribution in [0.25, 0.3) is 10.9 Å². The number of nitrogens with zero attached hydrogens (tertiary/aromatic N) is 1. The first-order chi connectivity index (χ1) is 14.1. The van der Waals surface area contributed by atoms with E-state index in [0.717, 1.165) is 33.8 Å². The molecule has 5 rings (SSSR count). The zero-order valence-electron chi connectivity index (χ0n) is 16.2. The van der Waals surface area contributed by atoms with Gasteiger partial charge in [-0.25, -0.2) is 0 Å². The maximum Gasteiger partial charge on any atom is 0.137 e. The van der Waals surface area contributed by atoms with Crippen molar-refractivity contribution >= 4 is 28.7 Å². The second-order valence-corrected chi connectivity index (χ2v) is 8.72. The Morgan fingerprint density at radius 3 is 2.66 bits per heavy atom. The van der Waals surface area contributed by atoms with Crippen molar-refractivity contribution in [3.63, 3.8) is 0 Å². The molecule has 2 N–H and O–H groups in total. The zero-order valence-corrected chi connectivity index (χ0v) is 17.0. The first-order valence-electron chi connectivity index (χ1n) is 10.3. The molecule has 0 radical (unpaired) electrons. The molecule has 3 aromatic rings.